The molecule has 192 valence electrons. The lowest BCUT2D eigenvalue weighted by Crippen LogP contribution is -3.00. The summed E-state index contributed by atoms with van der Waals surface area (Å²) in [5, 5.41) is 14.8. The maximum Gasteiger partial charge on any atom is 0.127 e. The molecule has 1 N–H and O–H groups in total. The Balaban J connectivity index is 0.00000320. The van der Waals surface area contributed by atoms with E-state index >= 15 is 0 Å². The SMILES string of the molecule is Cc1c(C)c2c(c(C)c1O)CCC(C)(CC[P+](c1ccccc1)(c1ccccc1)c1ccccc1)O2.[Br-]. The zero-order valence-electron chi connectivity index (χ0n) is 22.2. The number of hydrogen-bond acceptors (Lipinski definition) is 2. The van der Waals surface area contributed by atoms with Gasteiger partial charge in [-0.1, -0.05) is 54.6 Å². The highest BCUT2D eigenvalue weighted by molar-refractivity contribution is 7.95. The first-order valence-electron chi connectivity index (χ1n) is 12.9. The van der Waals surface area contributed by atoms with E-state index in [1.54, 1.807) is 0 Å². The van der Waals surface area contributed by atoms with Gasteiger partial charge >= 0.3 is 0 Å². The minimum Gasteiger partial charge on any atom is -1.00 e. The third kappa shape index (κ3) is 4.97. The number of aromatic hydroxyl groups is 1. The van der Waals surface area contributed by atoms with E-state index in [9.17, 15) is 5.11 Å². The summed E-state index contributed by atoms with van der Waals surface area (Å²) >= 11 is 0. The molecule has 0 aliphatic carbocycles. The predicted octanol–water partition coefficient (Wildman–Crippen LogP) is 3.79. The van der Waals surface area contributed by atoms with Crippen molar-refractivity contribution in [3.8, 4) is 11.5 Å². The smallest absolute Gasteiger partial charge is 0.127 e. The summed E-state index contributed by atoms with van der Waals surface area (Å²) in [7, 11) is -1.91. The lowest BCUT2D eigenvalue weighted by molar-refractivity contribution is -0.0000127. The van der Waals surface area contributed by atoms with Gasteiger partial charge in [0.25, 0.3) is 0 Å². The molecule has 0 fully saturated rings. The van der Waals surface area contributed by atoms with E-state index in [0.29, 0.717) is 5.75 Å². The van der Waals surface area contributed by atoms with Gasteiger partial charge in [0.2, 0.25) is 0 Å². The number of halogens is 1. The number of hydrogen-bond donors (Lipinski definition) is 1. The highest BCUT2D eigenvalue weighted by atomic mass is 79.9. The molecular weight excluding hydrogens is 539 g/mol. The van der Waals surface area contributed by atoms with Crippen LogP contribution in [0.15, 0.2) is 91.0 Å². The summed E-state index contributed by atoms with van der Waals surface area (Å²) in [6.45, 7) is 8.37. The molecule has 5 rings (SSSR count). The van der Waals surface area contributed by atoms with Gasteiger partial charge in [0.05, 0.1) is 6.16 Å². The topological polar surface area (TPSA) is 29.5 Å². The Hall–Kier alpha value is -2.61. The molecule has 2 nitrogen and oxygen atoms in total. The Morgan fingerprint density at radius 2 is 1.19 bits per heavy atom. The van der Waals surface area contributed by atoms with Crippen LogP contribution in [0.3, 0.4) is 0 Å². The molecule has 37 heavy (non-hydrogen) atoms. The van der Waals surface area contributed by atoms with Crippen LogP contribution in [0.25, 0.3) is 0 Å². The predicted molar refractivity (Wildman–Crippen MR) is 154 cm³/mol. The van der Waals surface area contributed by atoms with Gasteiger partial charge in [0.1, 0.15) is 40.3 Å². The van der Waals surface area contributed by atoms with Crippen molar-refractivity contribution in [1.29, 1.82) is 0 Å². The second-order valence-corrected chi connectivity index (χ2v) is 14.0. The van der Waals surface area contributed by atoms with E-state index < -0.39 is 7.26 Å². The van der Waals surface area contributed by atoms with E-state index in [1.165, 1.54) is 21.5 Å². The Kier molecular flexibility index (Phi) is 8.17. The van der Waals surface area contributed by atoms with Crippen LogP contribution in [0.2, 0.25) is 0 Å². The van der Waals surface area contributed by atoms with E-state index in [2.05, 4.69) is 105 Å². The summed E-state index contributed by atoms with van der Waals surface area (Å²) in [6.07, 6.45) is 3.87. The van der Waals surface area contributed by atoms with Crippen LogP contribution < -0.4 is 37.6 Å². The molecule has 4 aromatic carbocycles. The zero-order valence-corrected chi connectivity index (χ0v) is 24.6. The molecule has 0 radical (unpaired) electrons. The fraction of sp³-hybridized carbons (Fsp3) is 0.273. The third-order valence-electron chi connectivity index (χ3n) is 8.16. The highest BCUT2D eigenvalue weighted by Gasteiger charge is 2.47. The lowest BCUT2D eigenvalue weighted by Gasteiger charge is -2.39. The highest BCUT2D eigenvalue weighted by Crippen LogP contribution is 2.57. The Morgan fingerprint density at radius 3 is 1.65 bits per heavy atom. The fourth-order valence-electron chi connectivity index (χ4n) is 5.76. The number of ether oxygens (including phenoxy) is 1. The van der Waals surface area contributed by atoms with E-state index in [0.717, 1.165) is 47.9 Å². The molecule has 1 aliphatic rings. The van der Waals surface area contributed by atoms with Crippen molar-refractivity contribution in [2.24, 2.45) is 0 Å². The van der Waals surface area contributed by atoms with Gasteiger partial charge in [0, 0.05) is 12.0 Å². The molecule has 0 amide bonds. The van der Waals surface area contributed by atoms with Gasteiger partial charge in [-0.2, -0.15) is 0 Å². The first-order chi connectivity index (χ1) is 17.4. The largest absolute Gasteiger partial charge is 1.00 e. The summed E-state index contributed by atoms with van der Waals surface area (Å²) in [5.41, 5.74) is 3.86. The summed E-state index contributed by atoms with van der Waals surface area (Å²) in [4.78, 5) is 0. The quantitative estimate of drug-likeness (QED) is 0.355. The van der Waals surface area contributed by atoms with Crippen molar-refractivity contribution in [3.05, 3.63) is 113 Å². The minimum atomic E-state index is -1.91. The average Bonchev–Trinajstić information content (AvgIpc) is 2.93. The van der Waals surface area contributed by atoms with Crippen molar-refractivity contribution in [2.75, 3.05) is 6.16 Å². The summed E-state index contributed by atoms with van der Waals surface area (Å²) in [5.74, 6) is 1.40. The molecule has 4 heteroatoms. The van der Waals surface area contributed by atoms with Gasteiger partial charge in [0.15, 0.2) is 0 Å². The van der Waals surface area contributed by atoms with Crippen LogP contribution in [-0.2, 0) is 6.42 Å². The molecule has 4 aromatic rings. The third-order valence-corrected chi connectivity index (χ3v) is 12.6. The molecule has 0 spiro atoms. The number of phenols is 1. The number of phenolic OH excluding ortho intramolecular Hbond substituents is 1. The number of rotatable bonds is 6. The fourth-order valence-corrected chi connectivity index (χ4v) is 10.3. The molecular formula is C33H36BrO2P. The Morgan fingerprint density at radius 1 is 0.730 bits per heavy atom. The van der Waals surface area contributed by atoms with Gasteiger partial charge in [-0.05, 0) is 93.6 Å². The average molecular weight is 576 g/mol. The van der Waals surface area contributed by atoms with Gasteiger partial charge in [-0.15, -0.1) is 0 Å². The van der Waals surface area contributed by atoms with Crippen LogP contribution in [0, 0.1) is 20.8 Å². The Bertz CT molecular complexity index is 1260. The first-order valence-corrected chi connectivity index (χ1v) is 14.9. The van der Waals surface area contributed by atoms with Gasteiger partial charge < -0.3 is 26.8 Å². The number of fused-ring (bicyclic) bond motifs is 1. The van der Waals surface area contributed by atoms with Gasteiger partial charge in [-0.3, -0.25) is 0 Å². The van der Waals surface area contributed by atoms with Crippen molar-refractivity contribution < 1.29 is 26.8 Å². The van der Waals surface area contributed by atoms with E-state index in [-0.39, 0.29) is 22.6 Å². The van der Waals surface area contributed by atoms with Crippen LogP contribution >= 0.6 is 7.26 Å². The minimum absolute atomic E-state index is 0. The molecule has 1 aliphatic heterocycles. The van der Waals surface area contributed by atoms with Crippen molar-refractivity contribution in [1.82, 2.24) is 0 Å². The summed E-state index contributed by atoms with van der Waals surface area (Å²) < 4.78 is 6.88. The molecule has 0 bridgehead atoms. The molecule has 0 saturated heterocycles. The normalized spacial score (nSPS) is 16.9. The monoisotopic (exact) mass is 574 g/mol. The second kappa shape index (κ2) is 11.0. The van der Waals surface area contributed by atoms with Crippen LogP contribution in [-0.4, -0.2) is 16.9 Å². The van der Waals surface area contributed by atoms with E-state index in [4.69, 9.17) is 4.74 Å². The maximum atomic E-state index is 10.6. The molecule has 0 saturated carbocycles. The standard InChI is InChI=1S/C33H35O2P.BrH/c1-24-25(2)32-30(26(3)31(24)34)20-21-33(4,35-32)22-23-36(27-14-8-5-9-15-27,28-16-10-6-11-17-28)29-18-12-7-13-19-29;/h5-19H,20-23H2,1-4H3;1H. The molecule has 1 heterocycles. The van der Waals surface area contributed by atoms with Crippen LogP contribution in [0.4, 0.5) is 0 Å². The Labute approximate surface area is 232 Å². The molecule has 1 atom stereocenters. The van der Waals surface area contributed by atoms with Crippen molar-refractivity contribution >= 4 is 23.2 Å². The van der Waals surface area contributed by atoms with Gasteiger partial charge in [-0.25, -0.2) is 0 Å². The summed E-state index contributed by atoms with van der Waals surface area (Å²) in [6, 6.07) is 33.2. The van der Waals surface area contributed by atoms with Crippen molar-refractivity contribution in [2.45, 2.75) is 52.6 Å². The number of benzene rings is 4. The second-order valence-electron chi connectivity index (χ2n) is 10.4. The zero-order chi connectivity index (χ0) is 25.3. The maximum absolute atomic E-state index is 10.6. The van der Waals surface area contributed by atoms with Crippen LogP contribution in [0.5, 0.6) is 11.5 Å². The molecule has 1 unspecified atom stereocenters. The lowest BCUT2D eigenvalue weighted by atomic mass is 9.86. The van der Waals surface area contributed by atoms with Crippen LogP contribution in [0.1, 0.15) is 42.0 Å². The van der Waals surface area contributed by atoms with Crippen molar-refractivity contribution in [3.63, 3.8) is 0 Å². The van der Waals surface area contributed by atoms with E-state index in [1.807, 2.05) is 13.8 Å². The first kappa shape index (κ1) is 27.4. The molecule has 0 aromatic heterocycles.